The molecule has 1 saturated heterocycles. The van der Waals surface area contributed by atoms with Crippen LogP contribution in [0.1, 0.15) is 25.7 Å². The molecule has 0 aromatic heterocycles. The van der Waals surface area contributed by atoms with E-state index >= 15 is 0 Å². The summed E-state index contributed by atoms with van der Waals surface area (Å²) in [6.45, 7) is 5.18. The Morgan fingerprint density at radius 1 is 1.23 bits per heavy atom. The predicted octanol–water partition coefficient (Wildman–Crippen LogP) is 1.33. The highest BCUT2D eigenvalue weighted by Gasteiger charge is 2.20. The summed E-state index contributed by atoms with van der Waals surface area (Å²) in [7, 11) is 2.28. The van der Waals surface area contributed by atoms with E-state index in [4.69, 9.17) is 0 Å². The summed E-state index contributed by atoms with van der Waals surface area (Å²) in [6, 6.07) is 0. The van der Waals surface area contributed by atoms with Gasteiger partial charge in [-0.2, -0.15) is 0 Å². The van der Waals surface area contributed by atoms with Crippen LogP contribution in [0.25, 0.3) is 0 Å². The lowest BCUT2D eigenvalue weighted by Gasteiger charge is -2.32. The van der Waals surface area contributed by atoms with Gasteiger partial charge in [0.05, 0.1) is 0 Å². The minimum Gasteiger partial charge on any atom is -0.316 e. The van der Waals surface area contributed by atoms with Gasteiger partial charge in [-0.25, -0.2) is 0 Å². The van der Waals surface area contributed by atoms with Crippen molar-refractivity contribution in [2.45, 2.75) is 25.7 Å². The predicted molar refractivity (Wildman–Crippen MR) is 55.8 cm³/mol. The van der Waals surface area contributed by atoms with Crippen molar-refractivity contribution >= 4 is 0 Å². The summed E-state index contributed by atoms with van der Waals surface area (Å²) in [4.78, 5) is 2.53. The first-order chi connectivity index (χ1) is 6.34. The molecule has 1 saturated carbocycles. The second kappa shape index (κ2) is 4.43. The van der Waals surface area contributed by atoms with Crippen LogP contribution in [0.2, 0.25) is 0 Å². The van der Waals surface area contributed by atoms with E-state index in [2.05, 4.69) is 17.3 Å². The molecule has 2 heteroatoms. The monoisotopic (exact) mass is 182 g/mol. The van der Waals surface area contributed by atoms with Crippen LogP contribution >= 0.6 is 0 Å². The Morgan fingerprint density at radius 2 is 2.00 bits per heavy atom. The fraction of sp³-hybridized carbons (Fsp3) is 1.00. The van der Waals surface area contributed by atoms with Gasteiger partial charge in [0.2, 0.25) is 0 Å². The van der Waals surface area contributed by atoms with Gasteiger partial charge in [-0.05, 0) is 57.8 Å². The fourth-order valence-electron chi connectivity index (χ4n) is 2.16. The highest BCUT2D eigenvalue weighted by molar-refractivity contribution is 4.77. The largest absolute Gasteiger partial charge is 0.316 e. The van der Waals surface area contributed by atoms with Crippen LogP contribution < -0.4 is 5.32 Å². The quantitative estimate of drug-likeness (QED) is 0.690. The van der Waals surface area contributed by atoms with Gasteiger partial charge < -0.3 is 10.2 Å². The zero-order valence-electron chi connectivity index (χ0n) is 8.76. The zero-order chi connectivity index (χ0) is 9.10. The molecule has 0 bridgehead atoms. The van der Waals surface area contributed by atoms with Gasteiger partial charge in [0, 0.05) is 6.54 Å². The Kier molecular flexibility index (Phi) is 3.23. The van der Waals surface area contributed by atoms with Gasteiger partial charge in [-0.3, -0.25) is 0 Å². The maximum Gasteiger partial charge on any atom is 0.000661 e. The first-order valence-electron chi connectivity index (χ1n) is 5.74. The molecule has 0 aromatic rings. The molecule has 1 aliphatic carbocycles. The Balaban J connectivity index is 1.52. The lowest BCUT2D eigenvalue weighted by Crippen LogP contribution is -2.43. The minimum atomic E-state index is 0.976. The van der Waals surface area contributed by atoms with Crippen molar-refractivity contribution in [2.75, 3.05) is 33.2 Å². The van der Waals surface area contributed by atoms with Crippen LogP contribution in [0.5, 0.6) is 0 Å². The summed E-state index contributed by atoms with van der Waals surface area (Å²) in [5.41, 5.74) is 0. The normalized spacial score (nSPS) is 24.5. The summed E-state index contributed by atoms with van der Waals surface area (Å²) in [5.74, 6) is 2.01. The second-order valence-corrected chi connectivity index (χ2v) is 4.87. The first-order valence-corrected chi connectivity index (χ1v) is 5.74. The van der Waals surface area contributed by atoms with Crippen LogP contribution in [0.3, 0.4) is 0 Å². The van der Waals surface area contributed by atoms with Crippen molar-refractivity contribution < 1.29 is 0 Å². The van der Waals surface area contributed by atoms with Gasteiger partial charge in [-0.15, -0.1) is 0 Å². The molecule has 2 fully saturated rings. The average Bonchev–Trinajstić information content (AvgIpc) is 1.94. The van der Waals surface area contributed by atoms with Crippen molar-refractivity contribution in [3.63, 3.8) is 0 Å². The van der Waals surface area contributed by atoms with Crippen LogP contribution in [0.4, 0.5) is 0 Å². The molecule has 76 valence electrons. The molecule has 0 spiro atoms. The highest BCUT2D eigenvalue weighted by atomic mass is 15.1. The summed E-state index contributed by atoms with van der Waals surface area (Å²) < 4.78 is 0. The molecule has 0 amide bonds. The van der Waals surface area contributed by atoms with E-state index in [0.717, 1.165) is 11.8 Å². The van der Waals surface area contributed by atoms with Crippen LogP contribution in [-0.2, 0) is 0 Å². The average molecular weight is 182 g/mol. The van der Waals surface area contributed by atoms with Gasteiger partial charge in [0.15, 0.2) is 0 Å². The highest BCUT2D eigenvalue weighted by Crippen LogP contribution is 2.26. The Bertz CT molecular complexity index is 150. The SMILES string of the molecule is CN(CCC1CNC1)CC1CCC1. The molecule has 2 aliphatic rings. The third-order valence-electron chi connectivity index (χ3n) is 3.58. The molecule has 1 N–H and O–H groups in total. The smallest absolute Gasteiger partial charge is 0.000661 e. The van der Waals surface area contributed by atoms with Gasteiger partial charge in [0.25, 0.3) is 0 Å². The Morgan fingerprint density at radius 3 is 2.46 bits per heavy atom. The van der Waals surface area contributed by atoms with Crippen LogP contribution in [0, 0.1) is 11.8 Å². The molecule has 0 atom stereocenters. The molecule has 0 aromatic carbocycles. The molecular weight excluding hydrogens is 160 g/mol. The van der Waals surface area contributed by atoms with Gasteiger partial charge >= 0.3 is 0 Å². The molecule has 0 unspecified atom stereocenters. The van der Waals surface area contributed by atoms with E-state index < -0.39 is 0 Å². The van der Waals surface area contributed by atoms with Crippen LogP contribution in [-0.4, -0.2) is 38.1 Å². The lowest BCUT2D eigenvalue weighted by atomic mass is 9.85. The van der Waals surface area contributed by atoms with E-state index in [1.54, 1.807) is 0 Å². The molecule has 1 heterocycles. The summed E-state index contributed by atoms with van der Waals surface area (Å²) >= 11 is 0. The number of nitrogens with one attached hydrogen (secondary N) is 1. The molecule has 2 rings (SSSR count). The van der Waals surface area contributed by atoms with Gasteiger partial charge in [0.1, 0.15) is 0 Å². The Labute approximate surface area is 81.7 Å². The van der Waals surface area contributed by atoms with E-state index in [1.165, 1.54) is 51.9 Å². The van der Waals surface area contributed by atoms with E-state index in [9.17, 15) is 0 Å². The standard InChI is InChI=1S/C11H22N2/c1-13(9-10-3-2-4-10)6-5-11-7-12-8-11/h10-12H,2-9H2,1H3. The van der Waals surface area contributed by atoms with E-state index in [0.29, 0.717) is 0 Å². The van der Waals surface area contributed by atoms with Crippen LogP contribution in [0.15, 0.2) is 0 Å². The maximum absolute atomic E-state index is 3.33. The number of nitrogens with zero attached hydrogens (tertiary/aromatic N) is 1. The van der Waals surface area contributed by atoms with Crippen molar-refractivity contribution in [3.05, 3.63) is 0 Å². The molecule has 0 radical (unpaired) electrons. The van der Waals surface area contributed by atoms with Crippen molar-refractivity contribution in [3.8, 4) is 0 Å². The van der Waals surface area contributed by atoms with Crippen molar-refractivity contribution in [1.82, 2.24) is 10.2 Å². The molecule has 1 aliphatic heterocycles. The van der Waals surface area contributed by atoms with E-state index in [-0.39, 0.29) is 0 Å². The molecular formula is C11H22N2. The fourth-order valence-corrected chi connectivity index (χ4v) is 2.16. The number of rotatable bonds is 5. The Hall–Kier alpha value is -0.0800. The van der Waals surface area contributed by atoms with E-state index in [1.807, 2.05) is 0 Å². The lowest BCUT2D eigenvalue weighted by molar-refractivity contribution is 0.187. The molecule has 2 nitrogen and oxygen atoms in total. The maximum atomic E-state index is 3.33. The summed E-state index contributed by atoms with van der Waals surface area (Å²) in [5, 5.41) is 3.33. The van der Waals surface area contributed by atoms with Crippen molar-refractivity contribution in [1.29, 1.82) is 0 Å². The summed E-state index contributed by atoms with van der Waals surface area (Å²) in [6.07, 6.45) is 5.84. The zero-order valence-corrected chi connectivity index (χ0v) is 8.76. The number of hydrogen-bond donors (Lipinski definition) is 1. The first kappa shape index (κ1) is 9.47. The third kappa shape index (κ3) is 2.68. The number of hydrogen-bond acceptors (Lipinski definition) is 2. The minimum absolute atomic E-state index is 0.976. The molecule has 13 heavy (non-hydrogen) atoms. The second-order valence-electron chi connectivity index (χ2n) is 4.87. The van der Waals surface area contributed by atoms with Crippen molar-refractivity contribution in [2.24, 2.45) is 11.8 Å². The third-order valence-corrected chi connectivity index (χ3v) is 3.58. The van der Waals surface area contributed by atoms with Gasteiger partial charge in [-0.1, -0.05) is 6.42 Å². The topological polar surface area (TPSA) is 15.3 Å².